The summed E-state index contributed by atoms with van der Waals surface area (Å²) in [4.78, 5) is 13.3. The van der Waals surface area contributed by atoms with Gasteiger partial charge >= 0.3 is 6.09 Å². The van der Waals surface area contributed by atoms with Gasteiger partial charge in [0.1, 0.15) is 6.61 Å². The standard InChI is InChI=1S/C12H16N2O2/c1-9-3-2-4-10(7-9)14-11(5-6-13)8-16-12(14)15/h2-4,7,11H,5-6,8,13H2,1H3. The fraction of sp³-hybridized carbons (Fsp3) is 0.417. The highest BCUT2D eigenvalue weighted by Gasteiger charge is 2.33. The van der Waals surface area contributed by atoms with E-state index in [9.17, 15) is 4.79 Å². The van der Waals surface area contributed by atoms with Crippen LogP contribution in [-0.4, -0.2) is 25.3 Å². The number of hydrogen-bond acceptors (Lipinski definition) is 3. The molecular weight excluding hydrogens is 204 g/mol. The number of benzene rings is 1. The summed E-state index contributed by atoms with van der Waals surface area (Å²) in [6, 6.07) is 7.91. The van der Waals surface area contributed by atoms with Gasteiger partial charge in [-0.25, -0.2) is 4.79 Å². The predicted molar refractivity (Wildman–Crippen MR) is 62.5 cm³/mol. The Bertz CT molecular complexity index is 392. The molecule has 0 aromatic heterocycles. The summed E-state index contributed by atoms with van der Waals surface area (Å²) in [6.07, 6.45) is 0.490. The molecule has 1 aromatic carbocycles. The highest BCUT2D eigenvalue weighted by Crippen LogP contribution is 2.25. The molecule has 1 unspecified atom stereocenters. The largest absolute Gasteiger partial charge is 0.447 e. The third kappa shape index (κ3) is 2.02. The van der Waals surface area contributed by atoms with E-state index in [0.717, 1.165) is 17.7 Å². The summed E-state index contributed by atoms with van der Waals surface area (Å²) in [7, 11) is 0. The monoisotopic (exact) mass is 220 g/mol. The number of anilines is 1. The first-order chi connectivity index (χ1) is 7.72. The Kier molecular flexibility index (Phi) is 3.10. The number of cyclic esters (lactones) is 1. The lowest BCUT2D eigenvalue weighted by Gasteiger charge is -2.21. The van der Waals surface area contributed by atoms with Gasteiger partial charge < -0.3 is 10.5 Å². The Hall–Kier alpha value is -1.55. The maximum Gasteiger partial charge on any atom is 0.414 e. The van der Waals surface area contributed by atoms with Crippen molar-refractivity contribution >= 4 is 11.8 Å². The van der Waals surface area contributed by atoms with Crippen molar-refractivity contribution in [2.45, 2.75) is 19.4 Å². The second kappa shape index (κ2) is 4.53. The Labute approximate surface area is 95.0 Å². The van der Waals surface area contributed by atoms with Gasteiger partial charge in [0.25, 0.3) is 0 Å². The number of hydrogen-bond donors (Lipinski definition) is 1. The number of aryl methyl sites for hydroxylation is 1. The van der Waals surface area contributed by atoms with Gasteiger partial charge in [0.05, 0.1) is 6.04 Å². The molecule has 1 aliphatic heterocycles. The van der Waals surface area contributed by atoms with E-state index in [-0.39, 0.29) is 12.1 Å². The average Bonchev–Trinajstić information content (AvgIpc) is 2.60. The molecule has 1 fully saturated rings. The maximum absolute atomic E-state index is 11.6. The van der Waals surface area contributed by atoms with Crippen LogP contribution in [-0.2, 0) is 4.74 Å². The van der Waals surface area contributed by atoms with Gasteiger partial charge in [0.2, 0.25) is 0 Å². The van der Waals surface area contributed by atoms with Crippen LogP contribution in [0.4, 0.5) is 10.5 Å². The van der Waals surface area contributed by atoms with E-state index in [1.807, 2.05) is 31.2 Å². The smallest absolute Gasteiger partial charge is 0.414 e. The molecule has 4 heteroatoms. The number of nitrogens with zero attached hydrogens (tertiary/aromatic N) is 1. The molecule has 0 spiro atoms. The van der Waals surface area contributed by atoms with Gasteiger partial charge in [0.15, 0.2) is 0 Å². The third-order valence-electron chi connectivity index (χ3n) is 2.74. The molecular formula is C12H16N2O2. The zero-order valence-corrected chi connectivity index (χ0v) is 9.35. The minimum absolute atomic E-state index is 0.0688. The second-order valence-electron chi connectivity index (χ2n) is 4.02. The lowest BCUT2D eigenvalue weighted by atomic mass is 10.1. The van der Waals surface area contributed by atoms with Gasteiger partial charge in [-0.2, -0.15) is 0 Å². The van der Waals surface area contributed by atoms with E-state index in [1.54, 1.807) is 4.90 Å². The first kappa shape index (κ1) is 11.0. The van der Waals surface area contributed by atoms with Crippen LogP contribution < -0.4 is 10.6 Å². The first-order valence-electron chi connectivity index (χ1n) is 5.45. The van der Waals surface area contributed by atoms with Crippen LogP contribution >= 0.6 is 0 Å². The number of ether oxygens (including phenoxy) is 1. The summed E-state index contributed by atoms with van der Waals surface area (Å²) >= 11 is 0. The molecule has 1 aromatic rings. The fourth-order valence-electron chi connectivity index (χ4n) is 1.96. The van der Waals surface area contributed by atoms with Gasteiger partial charge in [-0.15, -0.1) is 0 Å². The van der Waals surface area contributed by atoms with Crippen LogP contribution in [0.5, 0.6) is 0 Å². The summed E-state index contributed by atoms with van der Waals surface area (Å²) in [6.45, 7) is 3.00. The molecule has 1 atom stereocenters. The molecule has 2 rings (SSSR count). The van der Waals surface area contributed by atoms with Crippen LogP contribution in [0, 0.1) is 6.92 Å². The van der Waals surface area contributed by atoms with Crippen LogP contribution in [0.15, 0.2) is 24.3 Å². The van der Waals surface area contributed by atoms with E-state index >= 15 is 0 Å². The van der Waals surface area contributed by atoms with Crippen LogP contribution in [0.2, 0.25) is 0 Å². The topological polar surface area (TPSA) is 55.6 Å². The van der Waals surface area contributed by atoms with E-state index in [2.05, 4.69) is 0 Å². The number of nitrogens with two attached hydrogens (primary N) is 1. The third-order valence-corrected chi connectivity index (χ3v) is 2.74. The molecule has 1 heterocycles. The van der Waals surface area contributed by atoms with Crippen molar-refractivity contribution in [1.82, 2.24) is 0 Å². The van der Waals surface area contributed by atoms with Gasteiger partial charge in [-0.3, -0.25) is 4.90 Å². The van der Waals surface area contributed by atoms with Crippen LogP contribution in [0.25, 0.3) is 0 Å². The minimum Gasteiger partial charge on any atom is -0.447 e. The number of amides is 1. The Morgan fingerprint density at radius 1 is 1.56 bits per heavy atom. The molecule has 0 radical (unpaired) electrons. The van der Waals surface area contributed by atoms with E-state index in [0.29, 0.717) is 13.2 Å². The predicted octanol–water partition coefficient (Wildman–Crippen LogP) is 1.67. The fourth-order valence-corrected chi connectivity index (χ4v) is 1.96. The van der Waals surface area contributed by atoms with Crippen LogP contribution in [0.1, 0.15) is 12.0 Å². The number of carbonyl (C=O) groups is 1. The van der Waals surface area contributed by atoms with Crippen molar-refractivity contribution in [1.29, 1.82) is 0 Å². The lowest BCUT2D eigenvalue weighted by Crippen LogP contribution is -2.34. The van der Waals surface area contributed by atoms with E-state index < -0.39 is 0 Å². The van der Waals surface area contributed by atoms with Crippen LogP contribution in [0.3, 0.4) is 0 Å². The zero-order valence-electron chi connectivity index (χ0n) is 9.35. The highest BCUT2D eigenvalue weighted by atomic mass is 16.6. The van der Waals surface area contributed by atoms with Crippen molar-refractivity contribution in [3.05, 3.63) is 29.8 Å². The molecule has 4 nitrogen and oxygen atoms in total. The van der Waals surface area contributed by atoms with Crippen molar-refractivity contribution in [3.8, 4) is 0 Å². The molecule has 0 bridgehead atoms. The maximum atomic E-state index is 11.6. The minimum atomic E-state index is -0.274. The summed E-state index contributed by atoms with van der Waals surface area (Å²) in [5.41, 5.74) is 7.55. The molecule has 16 heavy (non-hydrogen) atoms. The molecule has 0 saturated carbocycles. The molecule has 0 aliphatic carbocycles. The molecule has 1 aliphatic rings. The molecule has 86 valence electrons. The van der Waals surface area contributed by atoms with Crippen molar-refractivity contribution in [3.63, 3.8) is 0 Å². The summed E-state index contributed by atoms with van der Waals surface area (Å²) < 4.78 is 5.06. The SMILES string of the molecule is Cc1cccc(N2C(=O)OCC2CCN)c1. The first-order valence-corrected chi connectivity index (χ1v) is 5.45. The normalized spacial score (nSPS) is 20.0. The quantitative estimate of drug-likeness (QED) is 0.843. The molecule has 2 N–H and O–H groups in total. The number of rotatable bonds is 3. The Balaban J connectivity index is 2.26. The van der Waals surface area contributed by atoms with Crippen molar-refractivity contribution in [2.24, 2.45) is 5.73 Å². The van der Waals surface area contributed by atoms with Gasteiger partial charge in [-0.1, -0.05) is 12.1 Å². The number of carbonyl (C=O) groups excluding carboxylic acids is 1. The molecule has 1 amide bonds. The Morgan fingerprint density at radius 3 is 3.06 bits per heavy atom. The van der Waals surface area contributed by atoms with Crippen molar-refractivity contribution in [2.75, 3.05) is 18.1 Å². The molecule has 1 saturated heterocycles. The Morgan fingerprint density at radius 2 is 2.38 bits per heavy atom. The van der Waals surface area contributed by atoms with Gasteiger partial charge in [0, 0.05) is 5.69 Å². The average molecular weight is 220 g/mol. The highest BCUT2D eigenvalue weighted by molar-refractivity contribution is 5.90. The van der Waals surface area contributed by atoms with E-state index in [1.165, 1.54) is 0 Å². The van der Waals surface area contributed by atoms with Crippen molar-refractivity contribution < 1.29 is 9.53 Å². The second-order valence-corrected chi connectivity index (χ2v) is 4.02. The van der Waals surface area contributed by atoms with E-state index in [4.69, 9.17) is 10.5 Å². The van der Waals surface area contributed by atoms with Gasteiger partial charge in [-0.05, 0) is 37.6 Å². The summed E-state index contributed by atoms with van der Waals surface area (Å²) in [5, 5.41) is 0. The zero-order chi connectivity index (χ0) is 11.5. The summed E-state index contributed by atoms with van der Waals surface area (Å²) in [5.74, 6) is 0. The lowest BCUT2D eigenvalue weighted by molar-refractivity contribution is 0.178.